The first-order valence-corrected chi connectivity index (χ1v) is 6.86. The van der Waals surface area contributed by atoms with Crippen molar-refractivity contribution in [1.82, 2.24) is 4.90 Å². The predicted molar refractivity (Wildman–Crippen MR) is 74.9 cm³/mol. The number of hydrogen-bond donors (Lipinski definition) is 1. The van der Waals surface area contributed by atoms with Gasteiger partial charge in [-0.05, 0) is 24.1 Å². The molecule has 2 rings (SSSR count). The van der Waals surface area contributed by atoms with E-state index in [1.807, 2.05) is 6.07 Å². The highest BCUT2D eigenvalue weighted by molar-refractivity contribution is 7.09. The van der Waals surface area contributed by atoms with Crippen molar-refractivity contribution in [1.29, 1.82) is 0 Å². The molecule has 0 saturated heterocycles. The SMILES string of the molecule is CCN(Cc1cccs1)Cc1cccc(N)c1F. The molecular formula is C14H17FN2S. The van der Waals surface area contributed by atoms with Crippen LogP contribution in [-0.2, 0) is 13.1 Å². The fourth-order valence-corrected chi connectivity index (χ4v) is 2.61. The van der Waals surface area contributed by atoms with E-state index in [4.69, 9.17) is 5.73 Å². The molecule has 0 spiro atoms. The minimum absolute atomic E-state index is 0.222. The van der Waals surface area contributed by atoms with Crippen LogP contribution in [0.15, 0.2) is 35.7 Å². The molecule has 2 aromatic rings. The fourth-order valence-electron chi connectivity index (χ4n) is 1.87. The fraction of sp³-hybridized carbons (Fsp3) is 0.286. The molecule has 0 saturated carbocycles. The molecule has 1 aromatic carbocycles. The lowest BCUT2D eigenvalue weighted by atomic mass is 10.1. The van der Waals surface area contributed by atoms with Gasteiger partial charge in [0.1, 0.15) is 0 Å². The Balaban J connectivity index is 2.08. The van der Waals surface area contributed by atoms with Crippen molar-refractivity contribution in [2.45, 2.75) is 20.0 Å². The lowest BCUT2D eigenvalue weighted by molar-refractivity contribution is 0.270. The smallest absolute Gasteiger partial charge is 0.150 e. The van der Waals surface area contributed by atoms with E-state index in [9.17, 15) is 4.39 Å². The molecule has 0 amide bonds. The molecule has 0 aliphatic carbocycles. The Bertz CT molecular complexity index is 497. The molecule has 2 nitrogen and oxygen atoms in total. The second-order valence-corrected chi connectivity index (χ2v) is 5.24. The zero-order valence-electron chi connectivity index (χ0n) is 10.4. The molecule has 1 aromatic heterocycles. The highest BCUT2D eigenvalue weighted by Crippen LogP contribution is 2.18. The van der Waals surface area contributed by atoms with Gasteiger partial charge in [0.15, 0.2) is 5.82 Å². The van der Waals surface area contributed by atoms with Crippen LogP contribution in [0.1, 0.15) is 17.4 Å². The van der Waals surface area contributed by atoms with E-state index in [1.54, 1.807) is 29.5 Å². The molecule has 0 bridgehead atoms. The second kappa shape index (κ2) is 5.98. The van der Waals surface area contributed by atoms with Gasteiger partial charge in [-0.3, -0.25) is 4.90 Å². The lowest BCUT2D eigenvalue weighted by Gasteiger charge is -2.20. The summed E-state index contributed by atoms with van der Waals surface area (Å²) >= 11 is 1.72. The highest BCUT2D eigenvalue weighted by Gasteiger charge is 2.10. The number of benzene rings is 1. The summed E-state index contributed by atoms with van der Waals surface area (Å²) in [6.07, 6.45) is 0. The summed E-state index contributed by atoms with van der Waals surface area (Å²) in [5.74, 6) is -0.290. The Morgan fingerprint density at radius 2 is 2.06 bits per heavy atom. The molecule has 0 atom stereocenters. The topological polar surface area (TPSA) is 29.3 Å². The average Bonchev–Trinajstić information content (AvgIpc) is 2.86. The van der Waals surface area contributed by atoms with Crippen molar-refractivity contribution < 1.29 is 4.39 Å². The number of nitrogen functional groups attached to an aromatic ring is 1. The van der Waals surface area contributed by atoms with Gasteiger partial charge in [-0.25, -0.2) is 4.39 Å². The Hall–Kier alpha value is -1.39. The van der Waals surface area contributed by atoms with Gasteiger partial charge < -0.3 is 5.73 Å². The first kappa shape index (κ1) is 13.1. The van der Waals surface area contributed by atoms with Crippen LogP contribution in [0.3, 0.4) is 0 Å². The van der Waals surface area contributed by atoms with Crippen molar-refractivity contribution in [3.05, 3.63) is 52.0 Å². The van der Waals surface area contributed by atoms with Crippen molar-refractivity contribution >= 4 is 17.0 Å². The van der Waals surface area contributed by atoms with Crippen molar-refractivity contribution in [3.8, 4) is 0 Å². The third-order valence-corrected chi connectivity index (χ3v) is 3.77. The van der Waals surface area contributed by atoms with Gasteiger partial charge >= 0.3 is 0 Å². The Morgan fingerprint density at radius 1 is 1.22 bits per heavy atom. The van der Waals surface area contributed by atoms with Crippen molar-refractivity contribution in [3.63, 3.8) is 0 Å². The lowest BCUT2D eigenvalue weighted by Crippen LogP contribution is -2.22. The average molecular weight is 264 g/mol. The largest absolute Gasteiger partial charge is 0.396 e. The van der Waals surface area contributed by atoms with Crippen LogP contribution in [0.2, 0.25) is 0 Å². The summed E-state index contributed by atoms with van der Waals surface area (Å²) in [7, 11) is 0. The van der Waals surface area contributed by atoms with E-state index in [-0.39, 0.29) is 11.5 Å². The maximum Gasteiger partial charge on any atom is 0.150 e. The molecule has 0 radical (unpaired) electrons. The molecule has 0 unspecified atom stereocenters. The Labute approximate surface area is 111 Å². The molecule has 1 heterocycles. The molecule has 2 N–H and O–H groups in total. The van der Waals surface area contributed by atoms with E-state index in [0.29, 0.717) is 12.1 Å². The normalized spacial score (nSPS) is 11.1. The van der Waals surface area contributed by atoms with Gasteiger partial charge in [-0.2, -0.15) is 0 Å². The van der Waals surface area contributed by atoms with Gasteiger partial charge in [-0.1, -0.05) is 25.1 Å². The summed E-state index contributed by atoms with van der Waals surface area (Å²) in [4.78, 5) is 3.49. The van der Waals surface area contributed by atoms with Crippen LogP contribution in [0.25, 0.3) is 0 Å². The number of halogens is 1. The zero-order chi connectivity index (χ0) is 13.0. The van der Waals surface area contributed by atoms with E-state index in [2.05, 4.69) is 23.3 Å². The van der Waals surface area contributed by atoms with Gasteiger partial charge in [0.2, 0.25) is 0 Å². The molecule has 0 aliphatic rings. The molecule has 0 aliphatic heterocycles. The quantitative estimate of drug-likeness (QED) is 0.838. The van der Waals surface area contributed by atoms with Crippen LogP contribution in [-0.4, -0.2) is 11.4 Å². The summed E-state index contributed by atoms with van der Waals surface area (Å²) < 4.78 is 13.8. The summed E-state index contributed by atoms with van der Waals surface area (Å²) in [6.45, 7) is 4.40. The number of nitrogens with zero attached hydrogens (tertiary/aromatic N) is 1. The number of nitrogens with two attached hydrogens (primary N) is 1. The van der Waals surface area contributed by atoms with E-state index in [1.165, 1.54) is 4.88 Å². The predicted octanol–water partition coefficient (Wildman–Crippen LogP) is 3.49. The standard InChI is InChI=1S/C14H17FN2S/c1-2-17(10-12-6-4-8-18-12)9-11-5-3-7-13(16)14(11)15/h3-8H,2,9-10,16H2,1H3. The number of anilines is 1. The first-order valence-electron chi connectivity index (χ1n) is 5.98. The maximum absolute atomic E-state index is 13.8. The Kier molecular flexibility index (Phi) is 4.33. The minimum Gasteiger partial charge on any atom is -0.396 e. The molecule has 96 valence electrons. The highest BCUT2D eigenvalue weighted by atomic mass is 32.1. The molecule has 18 heavy (non-hydrogen) atoms. The van der Waals surface area contributed by atoms with Gasteiger partial charge in [-0.15, -0.1) is 11.3 Å². The van der Waals surface area contributed by atoms with Gasteiger partial charge in [0, 0.05) is 23.5 Å². The van der Waals surface area contributed by atoms with E-state index in [0.717, 1.165) is 13.1 Å². The second-order valence-electron chi connectivity index (χ2n) is 4.20. The number of rotatable bonds is 5. The van der Waals surface area contributed by atoms with Crippen LogP contribution in [0.5, 0.6) is 0 Å². The van der Waals surface area contributed by atoms with Crippen LogP contribution < -0.4 is 5.73 Å². The van der Waals surface area contributed by atoms with Gasteiger partial charge in [0.05, 0.1) is 5.69 Å². The Morgan fingerprint density at radius 3 is 2.72 bits per heavy atom. The third kappa shape index (κ3) is 3.09. The van der Waals surface area contributed by atoms with Crippen LogP contribution in [0.4, 0.5) is 10.1 Å². The maximum atomic E-state index is 13.8. The molecule has 4 heteroatoms. The number of hydrogen-bond acceptors (Lipinski definition) is 3. The first-order chi connectivity index (χ1) is 8.70. The van der Waals surface area contributed by atoms with Gasteiger partial charge in [0.25, 0.3) is 0 Å². The summed E-state index contributed by atoms with van der Waals surface area (Å²) in [6, 6.07) is 9.32. The minimum atomic E-state index is -0.290. The van der Waals surface area contributed by atoms with Crippen molar-refractivity contribution in [2.24, 2.45) is 0 Å². The summed E-state index contributed by atoms with van der Waals surface area (Å²) in [5.41, 5.74) is 6.46. The number of thiophene rings is 1. The molecular weight excluding hydrogens is 247 g/mol. The van der Waals surface area contributed by atoms with E-state index < -0.39 is 0 Å². The summed E-state index contributed by atoms with van der Waals surface area (Å²) in [5, 5.41) is 2.06. The van der Waals surface area contributed by atoms with Crippen molar-refractivity contribution in [2.75, 3.05) is 12.3 Å². The third-order valence-electron chi connectivity index (χ3n) is 2.91. The monoisotopic (exact) mass is 264 g/mol. The van der Waals surface area contributed by atoms with Crippen LogP contribution in [0, 0.1) is 5.82 Å². The van der Waals surface area contributed by atoms with Crippen LogP contribution >= 0.6 is 11.3 Å². The zero-order valence-corrected chi connectivity index (χ0v) is 11.2. The van der Waals surface area contributed by atoms with E-state index >= 15 is 0 Å². The molecule has 0 fully saturated rings.